The molecule has 1 aliphatic heterocycles. The second-order valence-electron chi connectivity index (χ2n) is 3.40. The van der Waals surface area contributed by atoms with E-state index < -0.39 is 6.04 Å². The highest BCUT2D eigenvalue weighted by molar-refractivity contribution is 5.80. The number of amides is 1. The zero-order chi connectivity index (χ0) is 10.4. The van der Waals surface area contributed by atoms with E-state index in [1.165, 1.54) is 0 Å². The lowest BCUT2D eigenvalue weighted by molar-refractivity contribution is -0.201. The van der Waals surface area contributed by atoms with Crippen molar-refractivity contribution in [1.29, 1.82) is 0 Å². The first kappa shape index (κ1) is 11.4. The number of hydrogen-bond donors (Lipinski definition) is 2. The summed E-state index contributed by atoms with van der Waals surface area (Å²) in [5.41, 5.74) is 7.81. The van der Waals surface area contributed by atoms with E-state index in [9.17, 15) is 4.79 Å². The molecule has 1 amide bonds. The molecule has 14 heavy (non-hydrogen) atoms. The summed E-state index contributed by atoms with van der Waals surface area (Å²) in [7, 11) is 0. The molecule has 0 saturated carbocycles. The van der Waals surface area contributed by atoms with Gasteiger partial charge in [-0.1, -0.05) is 6.92 Å². The Morgan fingerprint density at radius 1 is 1.71 bits per heavy atom. The Balaban J connectivity index is 2.15. The van der Waals surface area contributed by atoms with E-state index in [2.05, 4.69) is 5.48 Å². The van der Waals surface area contributed by atoms with Gasteiger partial charge in [0, 0.05) is 13.0 Å². The van der Waals surface area contributed by atoms with Gasteiger partial charge in [-0.3, -0.25) is 4.79 Å². The first-order valence-corrected chi connectivity index (χ1v) is 5.06. The molecule has 2 unspecified atom stereocenters. The van der Waals surface area contributed by atoms with Crippen LogP contribution in [0.15, 0.2) is 0 Å². The van der Waals surface area contributed by atoms with Crippen LogP contribution in [0.2, 0.25) is 0 Å². The Kier molecular flexibility index (Phi) is 4.86. The second kappa shape index (κ2) is 5.95. The Labute approximate surface area is 83.9 Å². The molecule has 0 bridgehead atoms. The van der Waals surface area contributed by atoms with Crippen LogP contribution in [-0.4, -0.2) is 24.8 Å². The van der Waals surface area contributed by atoms with Crippen molar-refractivity contribution in [2.45, 2.75) is 44.9 Å². The summed E-state index contributed by atoms with van der Waals surface area (Å²) in [6.07, 6.45) is 3.24. The lowest BCUT2D eigenvalue weighted by Gasteiger charge is -2.22. The summed E-state index contributed by atoms with van der Waals surface area (Å²) in [5, 5.41) is 0. The fraction of sp³-hybridized carbons (Fsp3) is 0.889. The summed E-state index contributed by atoms with van der Waals surface area (Å²) in [5.74, 6) is -0.290. The van der Waals surface area contributed by atoms with Crippen LogP contribution in [0, 0.1) is 0 Å². The predicted molar refractivity (Wildman–Crippen MR) is 51.1 cm³/mol. The van der Waals surface area contributed by atoms with E-state index in [-0.39, 0.29) is 12.2 Å². The maximum absolute atomic E-state index is 11.2. The topological polar surface area (TPSA) is 73.6 Å². The normalized spacial score (nSPS) is 24.3. The summed E-state index contributed by atoms with van der Waals surface area (Å²) >= 11 is 0. The zero-order valence-corrected chi connectivity index (χ0v) is 8.49. The minimum absolute atomic E-state index is 0.290. The molecule has 0 radical (unpaired) electrons. The van der Waals surface area contributed by atoms with Gasteiger partial charge in [0.05, 0.1) is 6.04 Å². The summed E-state index contributed by atoms with van der Waals surface area (Å²) in [6.45, 7) is 2.54. The molecule has 0 aromatic heterocycles. The zero-order valence-electron chi connectivity index (χ0n) is 8.49. The molecule has 82 valence electrons. The average Bonchev–Trinajstić information content (AvgIpc) is 2.26. The van der Waals surface area contributed by atoms with Gasteiger partial charge < -0.3 is 10.5 Å². The number of rotatable bonds is 4. The van der Waals surface area contributed by atoms with Gasteiger partial charge in [-0.05, 0) is 19.3 Å². The number of hydrogen-bond acceptors (Lipinski definition) is 4. The number of carbonyl (C=O) groups is 1. The lowest BCUT2D eigenvalue weighted by atomic mass is 10.2. The van der Waals surface area contributed by atoms with Crippen LogP contribution in [0.1, 0.15) is 32.6 Å². The number of nitrogens with one attached hydrogen (secondary N) is 1. The quantitative estimate of drug-likeness (QED) is 0.643. The number of ether oxygens (including phenoxy) is 1. The predicted octanol–water partition coefficient (Wildman–Crippen LogP) is 0.298. The number of carbonyl (C=O) groups excluding carboxylic acids is 1. The van der Waals surface area contributed by atoms with Crippen LogP contribution in [0.4, 0.5) is 0 Å². The van der Waals surface area contributed by atoms with E-state index in [1.54, 1.807) is 0 Å². The number of hydroxylamine groups is 1. The van der Waals surface area contributed by atoms with Crippen LogP contribution in [0.3, 0.4) is 0 Å². The first-order valence-electron chi connectivity index (χ1n) is 5.06. The molecule has 5 heteroatoms. The molecule has 1 aliphatic rings. The third-order valence-corrected chi connectivity index (χ3v) is 2.21. The first-order chi connectivity index (χ1) is 6.74. The van der Waals surface area contributed by atoms with Crippen LogP contribution in [0.5, 0.6) is 0 Å². The molecule has 1 rings (SSSR count). The van der Waals surface area contributed by atoms with Crippen molar-refractivity contribution in [3.05, 3.63) is 0 Å². The van der Waals surface area contributed by atoms with Crippen LogP contribution in [0.25, 0.3) is 0 Å². The molecule has 5 nitrogen and oxygen atoms in total. The molecule has 0 aromatic rings. The molecule has 2 atom stereocenters. The van der Waals surface area contributed by atoms with Gasteiger partial charge in [-0.15, -0.1) is 0 Å². The monoisotopic (exact) mass is 202 g/mol. The van der Waals surface area contributed by atoms with Gasteiger partial charge in [0.1, 0.15) is 0 Å². The minimum Gasteiger partial charge on any atom is -0.350 e. The van der Waals surface area contributed by atoms with E-state index >= 15 is 0 Å². The molecule has 1 fully saturated rings. The minimum atomic E-state index is -0.501. The third-order valence-electron chi connectivity index (χ3n) is 2.21. The van der Waals surface area contributed by atoms with Crippen molar-refractivity contribution in [2.75, 3.05) is 6.61 Å². The van der Waals surface area contributed by atoms with Crippen LogP contribution < -0.4 is 11.2 Å². The standard InChI is InChI=1S/C9H18N2O3/c1-2-7(10)9(12)11-14-8-5-3-4-6-13-8/h7-8H,2-6,10H2,1H3,(H,11,12). The van der Waals surface area contributed by atoms with Gasteiger partial charge in [-0.2, -0.15) is 0 Å². The van der Waals surface area contributed by atoms with Crippen molar-refractivity contribution in [3.63, 3.8) is 0 Å². The molecule has 0 spiro atoms. The van der Waals surface area contributed by atoms with Gasteiger partial charge >= 0.3 is 0 Å². The fourth-order valence-electron chi connectivity index (χ4n) is 1.19. The van der Waals surface area contributed by atoms with Crippen LogP contribution in [-0.2, 0) is 14.4 Å². The highest BCUT2D eigenvalue weighted by Gasteiger charge is 2.17. The molecular formula is C9H18N2O3. The van der Waals surface area contributed by atoms with Crippen molar-refractivity contribution >= 4 is 5.91 Å². The Hall–Kier alpha value is -0.650. The average molecular weight is 202 g/mol. The molecular weight excluding hydrogens is 184 g/mol. The highest BCUT2D eigenvalue weighted by atomic mass is 16.8. The molecule has 1 saturated heterocycles. The van der Waals surface area contributed by atoms with E-state index in [4.69, 9.17) is 15.3 Å². The summed E-state index contributed by atoms with van der Waals surface area (Å²) in [4.78, 5) is 16.3. The molecule has 0 aromatic carbocycles. The van der Waals surface area contributed by atoms with Gasteiger partial charge in [-0.25, -0.2) is 10.3 Å². The maximum Gasteiger partial charge on any atom is 0.260 e. The summed E-state index contributed by atoms with van der Waals surface area (Å²) in [6, 6.07) is -0.501. The smallest absolute Gasteiger partial charge is 0.260 e. The summed E-state index contributed by atoms with van der Waals surface area (Å²) < 4.78 is 5.26. The van der Waals surface area contributed by atoms with Crippen molar-refractivity contribution in [2.24, 2.45) is 5.73 Å². The van der Waals surface area contributed by atoms with Gasteiger partial charge in [0.2, 0.25) is 0 Å². The van der Waals surface area contributed by atoms with Crippen molar-refractivity contribution < 1.29 is 14.4 Å². The second-order valence-corrected chi connectivity index (χ2v) is 3.40. The Bertz CT molecular complexity index is 181. The van der Waals surface area contributed by atoms with E-state index in [0.717, 1.165) is 19.3 Å². The largest absolute Gasteiger partial charge is 0.350 e. The SMILES string of the molecule is CCC(N)C(=O)NOC1CCCCO1. The Morgan fingerprint density at radius 2 is 2.50 bits per heavy atom. The van der Waals surface area contributed by atoms with E-state index in [1.807, 2.05) is 6.92 Å². The van der Waals surface area contributed by atoms with Gasteiger partial charge in [0.25, 0.3) is 5.91 Å². The van der Waals surface area contributed by atoms with Crippen LogP contribution >= 0.6 is 0 Å². The lowest BCUT2D eigenvalue weighted by Crippen LogP contribution is -2.42. The van der Waals surface area contributed by atoms with E-state index in [0.29, 0.717) is 13.0 Å². The van der Waals surface area contributed by atoms with Crippen molar-refractivity contribution in [3.8, 4) is 0 Å². The highest BCUT2D eigenvalue weighted by Crippen LogP contribution is 2.12. The fourth-order valence-corrected chi connectivity index (χ4v) is 1.19. The molecule has 3 N–H and O–H groups in total. The molecule has 0 aliphatic carbocycles. The van der Waals surface area contributed by atoms with Gasteiger partial charge in [0.15, 0.2) is 6.29 Å². The van der Waals surface area contributed by atoms with Crippen molar-refractivity contribution in [1.82, 2.24) is 5.48 Å². The third kappa shape index (κ3) is 3.61. The number of nitrogens with two attached hydrogens (primary N) is 1. The molecule has 1 heterocycles. The maximum atomic E-state index is 11.2. The Morgan fingerprint density at radius 3 is 3.07 bits per heavy atom.